The van der Waals surface area contributed by atoms with E-state index in [1.54, 1.807) is 0 Å². The molecule has 2 nitrogen and oxygen atoms in total. The molecule has 1 unspecified atom stereocenters. The fraction of sp³-hybridized carbons (Fsp3) is 1.00. The van der Waals surface area contributed by atoms with Crippen molar-refractivity contribution in [1.29, 1.82) is 0 Å². The molecule has 0 aromatic heterocycles. The van der Waals surface area contributed by atoms with Crippen LogP contribution >= 0.6 is 0 Å². The van der Waals surface area contributed by atoms with E-state index in [0.29, 0.717) is 0 Å². The van der Waals surface area contributed by atoms with E-state index in [9.17, 15) is 0 Å². The number of nitrogens with zero attached hydrogens (tertiary/aromatic N) is 1. The summed E-state index contributed by atoms with van der Waals surface area (Å²) in [5.41, 5.74) is 0. The van der Waals surface area contributed by atoms with Crippen LogP contribution in [-0.2, 0) is 0 Å². The topological polar surface area (TPSA) is 15.3 Å². The van der Waals surface area contributed by atoms with Crippen molar-refractivity contribution in [2.75, 3.05) is 27.2 Å². The smallest absolute Gasteiger partial charge is 0.00644 e. The Bertz CT molecular complexity index is 169. The van der Waals surface area contributed by atoms with Crippen LogP contribution in [0.15, 0.2) is 0 Å². The highest BCUT2D eigenvalue weighted by atomic mass is 15.1. The zero-order chi connectivity index (χ0) is 14.3. The molecule has 0 fully saturated rings. The predicted molar refractivity (Wildman–Crippen MR) is 87.9 cm³/mol. The van der Waals surface area contributed by atoms with Gasteiger partial charge in [-0.3, -0.25) is 0 Å². The molecule has 0 heterocycles. The van der Waals surface area contributed by atoms with Gasteiger partial charge in [-0.2, -0.15) is 0 Å². The van der Waals surface area contributed by atoms with E-state index in [0.717, 1.165) is 6.04 Å². The van der Waals surface area contributed by atoms with Gasteiger partial charge < -0.3 is 10.2 Å². The fourth-order valence-electron chi connectivity index (χ4n) is 2.50. The van der Waals surface area contributed by atoms with Crippen molar-refractivity contribution in [2.45, 2.75) is 84.1 Å². The largest absolute Gasteiger partial charge is 0.314 e. The quantitative estimate of drug-likeness (QED) is 0.469. The molecule has 0 saturated carbocycles. The van der Waals surface area contributed by atoms with Gasteiger partial charge in [-0.1, -0.05) is 58.8 Å². The Morgan fingerprint density at radius 3 is 2.05 bits per heavy atom. The SMILES string of the molecule is CCCCCCCCCC(CC)NCCCN(C)C. The molecule has 0 radical (unpaired) electrons. The summed E-state index contributed by atoms with van der Waals surface area (Å²) in [4.78, 5) is 2.26. The van der Waals surface area contributed by atoms with E-state index in [1.165, 1.54) is 77.3 Å². The average Bonchev–Trinajstić information content (AvgIpc) is 2.39. The van der Waals surface area contributed by atoms with Gasteiger partial charge in [0.1, 0.15) is 0 Å². The van der Waals surface area contributed by atoms with Gasteiger partial charge in [-0.25, -0.2) is 0 Å². The molecule has 19 heavy (non-hydrogen) atoms. The Morgan fingerprint density at radius 2 is 1.47 bits per heavy atom. The molecule has 0 rings (SSSR count). The molecule has 0 saturated heterocycles. The van der Waals surface area contributed by atoms with Crippen molar-refractivity contribution in [3.63, 3.8) is 0 Å². The molecular formula is C17H38N2. The molecule has 0 spiro atoms. The first-order valence-electron chi connectivity index (χ1n) is 8.58. The molecule has 116 valence electrons. The first-order valence-corrected chi connectivity index (χ1v) is 8.58. The van der Waals surface area contributed by atoms with Crippen LogP contribution in [0.25, 0.3) is 0 Å². The third kappa shape index (κ3) is 14.1. The van der Waals surface area contributed by atoms with Crippen LogP contribution in [0.4, 0.5) is 0 Å². The maximum absolute atomic E-state index is 3.71. The number of hydrogen-bond acceptors (Lipinski definition) is 2. The van der Waals surface area contributed by atoms with Crippen LogP contribution in [-0.4, -0.2) is 38.1 Å². The molecule has 1 N–H and O–H groups in total. The van der Waals surface area contributed by atoms with Crippen molar-refractivity contribution < 1.29 is 0 Å². The molecule has 0 aromatic rings. The lowest BCUT2D eigenvalue weighted by molar-refractivity contribution is 0.376. The Kier molecular flexibility index (Phi) is 14.3. The Hall–Kier alpha value is -0.0800. The maximum atomic E-state index is 3.71. The molecule has 2 heteroatoms. The van der Waals surface area contributed by atoms with E-state index < -0.39 is 0 Å². The van der Waals surface area contributed by atoms with Gasteiger partial charge in [-0.15, -0.1) is 0 Å². The van der Waals surface area contributed by atoms with E-state index in [1.807, 2.05) is 0 Å². The van der Waals surface area contributed by atoms with Crippen LogP contribution in [0.3, 0.4) is 0 Å². The second-order valence-corrected chi connectivity index (χ2v) is 6.13. The molecule has 0 aliphatic heterocycles. The fourth-order valence-corrected chi connectivity index (χ4v) is 2.50. The monoisotopic (exact) mass is 270 g/mol. The third-order valence-corrected chi connectivity index (χ3v) is 3.86. The summed E-state index contributed by atoms with van der Waals surface area (Å²) in [5.74, 6) is 0. The summed E-state index contributed by atoms with van der Waals surface area (Å²) in [6, 6.07) is 0.748. The first kappa shape index (κ1) is 18.9. The highest BCUT2D eigenvalue weighted by Gasteiger charge is 2.04. The molecule has 1 atom stereocenters. The minimum atomic E-state index is 0.748. The predicted octanol–water partition coefficient (Wildman–Crippen LogP) is 4.45. The minimum absolute atomic E-state index is 0.748. The van der Waals surface area contributed by atoms with Crippen molar-refractivity contribution >= 4 is 0 Å². The van der Waals surface area contributed by atoms with Gasteiger partial charge in [-0.05, 0) is 46.4 Å². The van der Waals surface area contributed by atoms with Crippen LogP contribution in [0.1, 0.15) is 78.1 Å². The van der Waals surface area contributed by atoms with Crippen molar-refractivity contribution in [2.24, 2.45) is 0 Å². The number of unbranched alkanes of at least 4 members (excludes halogenated alkanes) is 6. The van der Waals surface area contributed by atoms with Crippen molar-refractivity contribution in [3.05, 3.63) is 0 Å². The second-order valence-electron chi connectivity index (χ2n) is 6.13. The average molecular weight is 271 g/mol. The third-order valence-electron chi connectivity index (χ3n) is 3.86. The Balaban J connectivity index is 3.33. The lowest BCUT2D eigenvalue weighted by Crippen LogP contribution is -2.30. The van der Waals surface area contributed by atoms with E-state index in [2.05, 4.69) is 38.2 Å². The second kappa shape index (κ2) is 14.3. The molecule has 0 aromatic carbocycles. The molecule has 0 bridgehead atoms. The summed E-state index contributed by atoms with van der Waals surface area (Å²) < 4.78 is 0. The van der Waals surface area contributed by atoms with Crippen LogP contribution < -0.4 is 5.32 Å². The lowest BCUT2D eigenvalue weighted by Gasteiger charge is -2.17. The van der Waals surface area contributed by atoms with E-state index >= 15 is 0 Å². The molecule has 0 aliphatic carbocycles. The number of rotatable bonds is 14. The maximum Gasteiger partial charge on any atom is 0.00644 e. The molecular weight excluding hydrogens is 232 g/mol. The normalized spacial score (nSPS) is 13.1. The van der Waals surface area contributed by atoms with Gasteiger partial charge in [0.25, 0.3) is 0 Å². The summed E-state index contributed by atoms with van der Waals surface area (Å²) in [7, 11) is 4.30. The van der Waals surface area contributed by atoms with E-state index in [-0.39, 0.29) is 0 Å². The molecule has 0 amide bonds. The van der Waals surface area contributed by atoms with Crippen molar-refractivity contribution in [3.8, 4) is 0 Å². The number of nitrogens with one attached hydrogen (secondary N) is 1. The lowest BCUT2D eigenvalue weighted by atomic mass is 10.0. The first-order chi connectivity index (χ1) is 9.20. The minimum Gasteiger partial charge on any atom is -0.314 e. The van der Waals surface area contributed by atoms with Crippen molar-refractivity contribution in [1.82, 2.24) is 10.2 Å². The highest BCUT2D eigenvalue weighted by Crippen LogP contribution is 2.10. The van der Waals surface area contributed by atoms with Crippen LogP contribution in [0, 0.1) is 0 Å². The summed E-state index contributed by atoms with van der Waals surface area (Å²) in [5, 5.41) is 3.71. The zero-order valence-corrected chi connectivity index (χ0v) is 14.0. The van der Waals surface area contributed by atoms with Gasteiger partial charge in [0.15, 0.2) is 0 Å². The van der Waals surface area contributed by atoms with Gasteiger partial charge in [0.05, 0.1) is 0 Å². The van der Waals surface area contributed by atoms with Crippen LogP contribution in [0.5, 0.6) is 0 Å². The van der Waals surface area contributed by atoms with E-state index in [4.69, 9.17) is 0 Å². The number of hydrogen-bond donors (Lipinski definition) is 1. The summed E-state index contributed by atoms with van der Waals surface area (Å²) in [6.45, 7) is 6.97. The Morgan fingerprint density at radius 1 is 0.842 bits per heavy atom. The molecule has 0 aliphatic rings. The zero-order valence-electron chi connectivity index (χ0n) is 14.0. The van der Waals surface area contributed by atoms with Gasteiger partial charge in [0, 0.05) is 6.04 Å². The Labute approximate surface area is 122 Å². The highest BCUT2D eigenvalue weighted by molar-refractivity contribution is 4.65. The standard InChI is InChI=1S/C17H38N2/c1-5-7-8-9-10-11-12-14-17(6-2)18-15-13-16-19(3)4/h17-18H,5-16H2,1-4H3. The van der Waals surface area contributed by atoms with Gasteiger partial charge >= 0.3 is 0 Å². The van der Waals surface area contributed by atoms with Crippen LogP contribution in [0.2, 0.25) is 0 Å². The summed E-state index contributed by atoms with van der Waals surface area (Å²) in [6.07, 6.45) is 13.9. The summed E-state index contributed by atoms with van der Waals surface area (Å²) >= 11 is 0. The van der Waals surface area contributed by atoms with Gasteiger partial charge in [0.2, 0.25) is 0 Å².